The number of aliphatic hydroxyl groups excluding tert-OH is 1. The highest BCUT2D eigenvalue weighted by molar-refractivity contribution is 7.52. The normalized spacial score (nSPS) is 24.6. The van der Waals surface area contributed by atoms with E-state index in [0.29, 0.717) is 22.5 Å². The second-order valence-electron chi connectivity index (χ2n) is 11.9. The van der Waals surface area contributed by atoms with Crippen molar-refractivity contribution in [1.82, 2.24) is 24.6 Å². The number of imidazole rings is 1. The van der Waals surface area contributed by atoms with Gasteiger partial charge in [0.1, 0.15) is 29.8 Å². The van der Waals surface area contributed by atoms with Crippen LogP contribution >= 0.6 is 7.75 Å². The number of ether oxygens (including phenoxy) is 2. The number of aryl methyl sites for hydroxylation is 1. The van der Waals surface area contributed by atoms with Gasteiger partial charge in [-0.1, -0.05) is 42.3 Å². The lowest BCUT2D eigenvalue weighted by Crippen LogP contribution is -2.42. The van der Waals surface area contributed by atoms with Gasteiger partial charge in [0.25, 0.3) is 0 Å². The van der Waals surface area contributed by atoms with E-state index in [9.17, 15) is 14.5 Å². The minimum atomic E-state index is -4.43. The van der Waals surface area contributed by atoms with Crippen LogP contribution in [0.15, 0.2) is 48.8 Å². The van der Waals surface area contributed by atoms with Crippen molar-refractivity contribution >= 4 is 41.5 Å². The first-order valence-electron chi connectivity index (χ1n) is 15.3. The molecule has 1 aliphatic heterocycles. The number of aromatic nitrogens is 4. The molecule has 2 fully saturated rings. The lowest BCUT2D eigenvalue weighted by molar-refractivity contribution is -0.149. The number of rotatable bonds is 12. The quantitative estimate of drug-likeness (QED) is 0.110. The summed E-state index contributed by atoms with van der Waals surface area (Å²) in [7, 11) is -4.43. The van der Waals surface area contributed by atoms with Crippen molar-refractivity contribution in [3.63, 3.8) is 0 Å². The fourth-order valence-electron chi connectivity index (χ4n) is 5.32. The third-order valence-electron chi connectivity index (χ3n) is 7.81. The zero-order chi connectivity index (χ0) is 33.5. The standard InChI is InChI=1S/C32H36FN6O7P/c1-6-32(33)27(40)25(45-31(32)39-17-34-26-28(37-22-14-15-22)35-20(5)36-29(26)39)16-43-47(42,38-19(4)30(41)44-18(2)3)46-24-13-9-11-21-10-7-8-12-23(21)24/h1,7-13,17-19,22,25,27,31,40H,14-16H2,2-5H3,(H,38,42)(H,35,36,37)/t19-,25+,27+,31+,32+,47+/m0/s1. The molecule has 3 N–H and O–H groups in total. The van der Waals surface area contributed by atoms with E-state index in [4.69, 9.17) is 24.9 Å². The van der Waals surface area contributed by atoms with Crippen LogP contribution in [0.1, 0.15) is 45.7 Å². The maximum absolute atomic E-state index is 16.5. The molecule has 3 heterocycles. The zero-order valence-corrected chi connectivity index (χ0v) is 27.2. The van der Waals surface area contributed by atoms with Gasteiger partial charge in [-0.3, -0.25) is 13.9 Å². The summed E-state index contributed by atoms with van der Waals surface area (Å²) < 4.78 is 55.0. The number of carbonyl (C=O) groups is 1. The lowest BCUT2D eigenvalue weighted by Gasteiger charge is -2.25. The molecule has 1 aliphatic carbocycles. The molecule has 1 saturated carbocycles. The summed E-state index contributed by atoms with van der Waals surface area (Å²) in [5.74, 6) is 2.45. The highest BCUT2D eigenvalue weighted by Gasteiger charge is 2.58. The summed E-state index contributed by atoms with van der Waals surface area (Å²) in [6, 6.07) is 11.6. The largest absolute Gasteiger partial charge is 0.462 e. The number of halogens is 1. The molecular weight excluding hydrogens is 630 g/mol. The lowest BCUT2D eigenvalue weighted by atomic mass is 9.97. The van der Waals surface area contributed by atoms with Crippen LogP contribution in [0.4, 0.5) is 10.2 Å². The van der Waals surface area contributed by atoms with Crippen molar-refractivity contribution in [2.45, 2.75) is 82.8 Å². The van der Waals surface area contributed by atoms with Crippen LogP contribution in [0.2, 0.25) is 0 Å². The van der Waals surface area contributed by atoms with E-state index in [2.05, 4.69) is 25.4 Å². The van der Waals surface area contributed by atoms with E-state index in [1.807, 2.05) is 24.1 Å². The smallest absolute Gasteiger partial charge is 0.459 e. The monoisotopic (exact) mass is 666 g/mol. The van der Waals surface area contributed by atoms with Crippen LogP contribution in [0.3, 0.4) is 0 Å². The van der Waals surface area contributed by atoms with Gasteiger partial charge in [0.15, 0.2) is 23.2 Å². The van der Waals surface area contributed by atoms with E-state index < -0.39 is 56.6 Å². The molecule has 4 aromatic rings. The maximum Gasteiger partial charge on any atom is 0.459 e. The Morgan fingerprint density at radius 3 is 2.70 bits per heavy atom. The van der Waals surface area contributed by atoms with Crippen molar-refractivity contribution in [1.29, 1.82) is 0 Å². The van der Waals surface area contributed by atoms with Crippen LogP contribution in [-0.2, 0) is 23.4 Å². The third kappa shape index (κ3) is 6.68. The number of alkyl halides is 1. The molecule has 0 unspecified atom stereocenters. The fourth-order valence-corrected chi connectivity index (χ4v) is 6.84. The molecule has 2 aromatic heterocycles. The molecule has 248 valence electrons. The van der Waals surface area contributed by atoms with Crippen molar-refractivity contribution in [3.8, 4) is 18.1 Å². The molecule has 1 saturated heterocycles. The average molecular weight is 667 g/mol. The van der Waals surface area contributed by atoms with Gasteiger partial charge in [-0.25, -0.2) is 23.9 Å². The van der Waals surface area contributed by atoms with Crippen LogP contribution in [0.5, 0.6) is 5.75 Å². The Balaban J connectivity index is 1.28. The van der Waals surface area contributed by atoms with Gasteiger partial charge in [0.05, 0.1) is 19.0 Å². The van der Waals surface area contributed by atoms with E-state index >= 15 is 4.39 Å². The average Bonchev–Trinajstić information content (AvgIpc) is 3.70. The van der Waals surface area contributed by atoms with Gasteiger partial charge < -0.3 is 24.4 Å². The second kappa shape index (κ2) is 12.8. The first-order chi connectivity index (χ1) is 22.4. The van der Waals surface area contributed by atoms with E-state index in [1.165, 1.54) is 17.8 Å². The molecule has 2 aromatic carbocycles. The molecule has 0 amide bonds. The van der Waals surface area contributed by atoms with Gasteiger partial charge in [-0.15, -0.1) is 6.42 Å². The number of nitrogens with zero attached hydrogens (tertiary/aromatic N) is 4. The molecular formula is C32H36FN6O7P. The summed E-state index contributed by atoms with van der Waals surface area (Å²) in [5.41, 5.74) is -2.12. The van der Waals surface area contributed by atoms with Gasteiger partial charge in [-0.05, 0) is 52.0 Å². The number of anilines is 1. The molecule has 6 atom stereocenters. The van der Waals surface area contributed by atoms with Crippen molar-refractivity contribution in [2.75, 3.05) is 11.9 Å². The summed E-state index contributed by atoms with van der Waals surface area (Å²) >= 11 is 0. The highest BCUT2D eigenvalue weighted by Crippen LogP contribution is 2.49. The molecule has 15 heteroatoms. The molecule has 0 bridgehead atoms. The number of benzene rings is 2. The third-order valence-corrected chi connectivity index (χ3v) is 9.43. The van der Waals surface area contributed by atoms with Crippen LogP contribution in [0, 0.1) is 19.3 Å². The highest BCUT2D eigenvalue weighted by atomic mass is 31.2. The molecule has 2 aliphatic rings. The molecule has 13 nitrogen and oxygen atoms in total. The van der Waals surface area contributed by atoms with Crippen LogP contribution in [-0.4, -0.2) is 73.3 Å². The van der Waals surface area contributed by atoms with Crippen LogP contribution < -0.4 is 14.9 Å². The number of fused-ring (bicyclic) bond motifs is 2. The Kier molecular flexibility index (Phi) is 8.95. The number of esters is 1. The summed E-state index contributed by atoms with van der Waals surface area (Å²) in [6.45, 7) is 5.85. The minimum absolute atomic E-state index is 0.202. The maximum atomic E-state index is 16.5. The predicted molar refractivity (Wildman–Crippen MR) is 171 cm³/mol. The Labute approximate surface area is 270 Å². The van der Waals surface area contributed by atoms with Gasteiger partial charge in [0.2, 0.25) is 5.67 Å². The molecule has 0 spiro atoms. The van der Waals surface area contributed by atoms with E-state index in [-0.39, 0.29) is 17.4 Å². The van der Waals surface area contributed by atoms with Crippen molar-refractivity contribution in [3.05, 3.63) is 54.6 Å². The van der Waals surface area contributed by atoms with Gasteiger partial charge >= 0.3 is 13.7 Å². The van der Waals surface area contributed by atoms with Gasteiger partial charge in [0, 0.05) is 11.4 Å². The zero-order valence-electron chi connectivity index (χ0n) is 26.3. The number of terminal acetylenes is 1. The van der Waals surface area contributed by atoms with Crippen molar-refractivity contribution < 1.29 is 37.4 Å². The minimum Gasteiger partial charge on any atom is -0.462 e. The first kappa shape index (κ1) is 32.8. The number of hydrogen-bond acceptors (Lipinski definition) is 11. The van der Waals surface area contributed by atoms with Gasteiger partial charge in [-0.2, -0.15) is 5.09 Å². The second-order valence-corrected chi connectivity index (χ2v) is 13.6. The Bertz CT molecular complexity index is 1890. The fraction of sp³-hybridized carbons (Fsp3) is 0.438. The van der Waals surface area contributed by atoms with E-state index in [0.717, 1.165) is 18.2 Å². The summed E-state index contributed by atoms with van der Waals surface area (Å²) in [5, 5.41) is 18.5. The van der Waals surface area contributed by atoms with E-state index in [1.54, 1.807) is 45.0 Å². The Morgan fingerprint density at radius 2 is 1.98 bits per heavy atom. The molecule has 6 rings (SSSR count). The number of nitrogens with one attached hydrogen (secondary N) is 2. The molecule has 0 radical (unpaired) electrons. The summed E-state index contributed by atoms with van der Waals surface area (Å²) in [4.78, 5) is 25.9. The Morgan fingerprint density at radius 1 is 1.23 bits per heavy atom. The Hall–Kier alpha value is -4.12. The predicted octanol–water partition coefficient (Wildman–Crippen LogP) is 4.60. The molecule has 47 heavy (non-hydrogen) atoms. The summed E-state index contributed by atoms with van der Waals surface area (Å²) in [6.07, 6.45) is 3.61. The SMILES string of the molecule is C#C[C@@]1(F)[C@H](O)[C@@H](CO[P@](=O)(N[C@@H](C)C(=O)OC(C)C)Oc2cccc3ccccc23)O[C@H]1n1cnc2c(NC3CC3)nc(C)nc21. The first-order valence-corrected chi connectivity index (χ1v) is 16.8. The topological polar surface area (TPSA) is 159 Å². The number of hydrogen-bond donors (Lipinski definition) is 3. The number of aliphatic hydroxyl groups is 1. The number of carbonyl (C=O) groups excluding carboxylic acids is 1. The van der Waals surface area contributed by atoms with Crippen LogP contribution in [0.25, 0.3) is 21.9 Å². The van der Waals surface area contributed by atoms with Crippen molar-refractivity contribution in [2.24, 2.45) is 0 Å².